The molecule has 5 nitrogen and oxygen atoms in total. The Kier molecular flexibility index (Phi) is 6.57. The standard InChI is InChI=1S/C19H24F2N2O3S/c1-2-3-6-22-18(24)16-11-23(19(25)26-16)13-9-14(20)17(15(21)10-13)12-4-7-27-8-5-12/h9-10,12,16H,2-8,11H2,1H3,(H,22,24)/t16-/m1/s1. The molecule has 2 saturated heterocycles. The Morgan fingerprint density at radius 2 is 1.96 bits per heavy atom. The first-order chi connectivity index (χ1) is 13.0. The van der Waals surface area contributed by atoms with E-state index < -0.39 is 29.7 Å². The van der Waals surface area contributed by atoms with E-state index in [4.69, 9.17) is 4.74 Å². The van der Waals surface area contributed by atoms with Crippen LogP contribution in [0.4, 0.5) is 19.3 Å². The normalized spacial score (nSPS) is 20.6. The van der Waals surface area contributed by atoms with Gasteiger partial charge in [0.2, 0.25) is 0 Å². The van der Waals surface area contributed by atoms with Gasteiger partial charge in [-0.3, -0.25) is 9.69 Å². The minimum atomic E-state index is -0.976. The first kappa shape index (κ1) is 19.9. The molecule has 1 N–H and O–H groups in total. The molecule has 2 aliphatic heterocycles. The predicted molar refractivity (Wildman–Crippen MR) is 101 cm³/mol. The van der Waals surface area contributed by atoms with E-state index in [9.17, 15) is 18.4 Å². The third-order valence-electron chi connectivity index (χ3n) is 4.94. The summed E-state index contributed by atoms with van der Waals surface area (Å²) in [5.74, 6) is -0.0486. The van der Waals surface area contributed by atoms with Crippen molar-refractivity contribution in [3.05, 3.63) is 29.3 Å². The quantitative estimate of drug-likeness (QED) is 0.740. The molecule has 1 aromatic rings. The summed E-state index contributed by atoms with van der Waals surface area (Å²) in [4.78, 5) is 25.3. The van der Waals surface area contributed by atoms with Gasteiger partial charge >= 0.3 is 6.09 Å². The number of anilines is 1. The summed E-state index contributed by atoms with van der Waals surface area (Å²) in [6.07, 6.45) is 1.49. The number of halogens is 2. The number of hydrogen-bond acceptors (Lipinski definition) is 4. The van der Waals surface area contributed by atoms with Gasteiger partial charge in [-0.1, -0.05) is 13.3 Å². The average molecular weight is 398 g/mol. The summed E-state index contributed by atoms with van der Waals surface area (Å²) >= 11 is 1.79. The molecule has 0 unspecified atom stereocenters. The van der Waals surface area contributed by atoms with Crippen LogP contribution in [0.2, 0.25) is 0 Å². The number of carbonyl (C=O) groups excluding carboxylic acids is 2. The molecule has 2 aliphatic rings. The molecule has 0 aliphatic carbocycles. The number of ether oxygens (including phenoxy) is 1. The lowest BCUT2D eigenvalue weighted by Gasteiger charge is -2.23. The van der Waals surface area contributed by atoms with E-state index in [0.29, 0.717) is 6.54 Å². The number of hydrogen-bond donors (Lipinski definition) is 1. The molecule has 0 spiro atoms. The molecular weight excluding hydrogens is 374 g/mol. The van der Waals surface area contributed by atoms with Crippen LogP contribution in [0.25, 0.3) is 0 Å². The smallest absolute Gasteiger partial charge is 0.415 e. The Bertz CT molecular complexity index is 687. The average Bonchev–Trinajstić information content (AvgIpc) is 3.04. The second-order valence-corrected chi connectivity index (χ2v) is 8.06. The van der Waals surface area contributed by atoms with Crippen molar-refractivity contribution in [3.63, 3.8) is 0 Å². The van der Waals surface area contributed by atoms with Crippen LogP contribution in [0, 0.1) is 11.6 Å². The van der Waals surface area contributed by atoms with Crippen LogP contribution in [0.3, 0.4) is 0 Å². The van der Waals surface area contributed by atoms with Gasteiger partial charge in [0.05, 0.1) is 12.2 Å². The van der Waals surface area contributed by atoms with Crippen LogP contribution in [-0.4, -0.2) is 42.7 Å². The van der Waals surface area contributed by atoms with E-state index >= 15 is 0 Å². The minimum Gasteiger partial charge on any atom is -0.434 e. The molecule has 0 saturated carbocycles. The zero-order chi connectivity index (χ0) is 19.4. The fraction of sp³-hybridized carbons (Fsp3) is 0.579. The van der Waals surface area contributed by atoms with Gasteiger partial charge in [0, 0.05) is 12.1 Å². The summed E-state index contributed by atoms with van der Waals surface area (Å²) in [6.45, 7) is 2.44. The highest BCUT2D eigenvalue weighted by atomic mass is 32.2. The van der Waals surface area contributed by atoms with Gasteiger partial charge in [0.25, 0.3) is 5.91 Å². The van der Waals surface area contributed by atoms with E-state index in [-0.39, 0.29) is 23.7 Å². The van der Waals surface area contributed by atoms with E-state index in [1.807, 2.05) is 6.92 Å². The second-order valence-electron chi connectivity index (χ2n) is 6.84. The Balaban J connectivity index is 1.72. The van der Waals surface area contributed by atoms with E-state index in [1.165, 1.54) is 12.1 Å². The Morgan fingerprint density at radius 1 is 1.30 bits per heavy atom. The molecule has 2 fully saturated rings. The molecule has 148 valence electrons. The largest absolute Gasteiger partial charge is 0.434 e. The minimum absolute atomic E-state index is 0.0604. The van der Waals surface area contributed by atoms with Crippen LogP contribution in [0.1, 0.15) is 44.1 Å². The highest BCUT2D eigenvalue weighted by Crippen LogP contribution is 2.36. The van der Waals surface area contributed by atoms with Crippen LogP contribution in [0.15, 0.2) is 12.1 Å². The zero-order valence-corrected chi connectivity index (χ0v) is 16.1. The number of rotatable bonds is 6. The topological polar surface area (TPSA) is 58.6 Å². The Labute approximate surface area is 161 Å². The first-order valence-corrected chi connectivity index (χ1v) is 10.5. The van der Waals surface area contributed by atoms with Gasteiger partial charge in [-0.05, 0) is 48.8 Å². The lowest BCUT2D eigenvalue weighted by Crippen LogP contribution is -2.37. The van der Waals surface area contributed by atoms with Crippen LogP contribution >= 0.6 is 11.8 Å². The fourth-order valence-corrected chi connectivity index (χ4v) is 4.52. The maximum absolute atomic E-state index is 14.6. The molecule has 1 atom stereocenters. The van der Waals surface area contributed by atoms with E-state index in [2.05, 4.69) is 5.32 Å². The number of nitrogens with one attached hydrogen (secondary N) is 1. The summed E-state index contributed by atoms with van der Waals surface area (Å²) in [5.41, 5.74) is 0.174. The van der Waals surface area contributed by atoms with Crippen molar-refractivity contribution >= 4 is 29.4 Å². The van der Waals surface area contributed by atoms with E-state index in [0.717, 1.165) is 42.1 Å². The number of nitrogens with zero attached hydrogens (tertiary/aromatic N) is 1. The zero-order valence-electron chi connectivity index (χ0n) is 15.3. The fourth-order valence-electron chi connectivity index (χ4n) is 3.42. The van der Waals surface area contributed by atoms with Crippen molar-refractivity contribution in [2.75, 3.05) is 29.5 Å². The molecule has 0 radical (unpaired) electrons. The number of cyclic esters (lactones) is 1. The van der Waals surface area contributed by atoms with Gasteiger partial charge in [0.1, 0.15) is 11.6 Å². The lowest BCUT2D eigenvalue weighted by atomic mass is 9.92. The number of unbranched alkanes of at least 4 members (excludes halogenated alkanes) is 1. The number of benzene rings is 1. The Morgan fingerprint density at radius 3 is 2.59 bits per heavy atom. The maximum atomic E-state index is 14.6. The van der Waals surface area contributed by atoms with Crippen molar-refractivity contribution < 1.29 is 23.1 Å². The van der Waals surface area contributed by atoms with Crippen LogP contribution in [0.5, 0.6) is 0 Å². The van der Waals surface area contributed by atoms with Crippen molar-refractivity contribution in [2.45, 2.75) is 44.6 Å². The van der Waals surface area contributed by atoms with Gasteiger partial charge in [-0.15, -0.1) is 0 Å². The monoisotopic (exact) mass is 398 g/mol. The SMILES string of the molecule is CCCCNC(=O)[C@H]1CN(c2cc(F)c(C3CCSCC3)c(F)c2)C(=O)O1. The van der Waals surface area contributed by atoms with Gasteiger partial charge < -0.3 is 10.1 Å². The molecule has 1 aromatic carbocycles. The molecule has 27 heavy (non-hydrogen) atoms. The summed E-state index contributed by atoms with van der Waals surface area (Å²) < 4.78 is 34.3. The molecule has 0 aromatic heterocycles. The molecular formula is C19H24F2N2O3S. The molecule has 8 heteroatoms. The first-order valence-electron chi connectivity index (χ1n) is 9.33. The third-order valence-corrected chi connectivity index (χ3v) is 5.99. The van der Waals surface area contributed by atoms with E-state index in [1.54, 1.807) is 11.8 Å². The molecule has 2 amide bonds. The third kappa shape index (κ3) is 4.54. The number of thioether (sulfide) groups is 1. The van der Waals surface area contributed by atoms with Crippen molar-refractivity contribution in [3.8, 4) is 0 Å². The highest BCUT2D eigenvalue weighted by Gasteiger charge is 2.37. The summed E-state index contributed by atoms with van der Waals surface area (Å²) in [6, 6.07) is 2.33. The summed E-state index contributed by atoms with van der Waals surface area (Å²) in [5, 5.41) is 2.70. The van der Waals surface area contributed by atoms with Crippen molar-refractivity contribution in [1.82, 2.24) is 5.32 Å². The summed E-state index contributed by atoms with van der Waals surface area (Å²) in [7, 11) is 0. The predicted octanol–water partition coefficient (Wildman–Crippen LogP) is 3.82. The number of carbonyl (C=O) groups is 2. The highest BCUT2D eigenvalue weighted by molar-refractivity contribution is 7.99. The lowest BCUT2D eigenvalue weighted by molar-refractivity contribution is -0.127. The van der Waals surface area contributed by atoms with Gasteiger partial charge in [0.15, 0.2) is 6.10 Å². The maximum Gasteiger partial charge on any atom is 0.415 e. The van der Waals surface area contributed by atoms with Crippen molar-refractivity contribution in [1.29, 1.82) is 0 Å². The number of amides is 2. The van der Waals surface area contributed by atoms with Crippen LogP contribution in [-0.2, 0) is 9.53 Å². The second kappa shape index (κ2) is 8.91. The van der Waals surface area contributed by atoms with Crippen molar-refractivity contribution in [2.24, 2.45) is 0 Å². The van der Waals surface area contributed by atoms with Crippen LogP contribution < -0.4 is 10.2 Å². The van der Waals surface area contributed by atoms with Gasteiger partial charge in [-0.25, -0.2) is 13.6 Å². The van der Waals surface area contributed by atoms with Gasteiger partial charge in [-0.2, -0.15) is 11.8 Å². The molecule has 3 rings (SSSR count). The Hall–Kier alpha value is -1.83. The molecule has 2 heterocycles. The molecule has 0 bridgehead atoms.